The van der Waals surface area contributed by atoms with Gasteiger partial charge in [-0.3, -0.25) is 9.59 Å². The van der Waals surface area contributed by atoms with Gasteiger partial charge in [-0.2, -0.15) is 0 Å². The van der Waals surface area contributed by atoms with E-state index >= 15 is 0 Å². The number of para-hydroxylation sites is 1. The summed E-state index contributed by atoms with van der Waals surface area (Å²) in [5.41, 5.74) is 1.51. The summed E-state index contributed by atoms with van der Waals surface area (Å²) in [6.07, 6.45) is 0. The second-order valence-electron chi connectivity index (χ2n) is 7.03. The van der Waals surface area contributed by atoms with E-state index in [4.69, 9.17) is 0 Å². The average molecular weight is 458 g/mol. The van der Waals surface area contributed by atoms with E-state index in [2.05, 4.69) is 10.6 Å². The molecule has 0 aliphatic heterocycles. The van der Waals surface area contributed by atoms with Crippen LogP contribution in [0.4, 0.5) is 5.69 Å². The van der Waals surface area contributed by atoms with Crippen LogP contribution in [0.3, 0.4) is 0 Å². The van der Waals surface area contributed by atoms with Gasteiger partial charge in [-0.1, -0.05) is 30.3 Å². The number of nitrogens with zero attached hydrogens (tertiary/aromatic N) is 1. The SMILES string of the molecule is CC(NC(=O)c1ccccc1NC(=O)c1cccs1)c1ccc(S(=O)(=O)N(C)C)cc1. The van der Waals surface area contributed by atoms with Crippen molar-refractivity contribution in [2.75, 3.05) is 19.4 Å². The molecule has 1 atom stereocenters. The highest BCUT2D eigenvalue weighted by molar-refractivity contribution is 7.89. The van der Waals surface area contributed by atoms with Crippen LogP contribution in [0.5, 0.6) is 0 Å². The molecule has 162 valence electrons. The fourth-order valence-electron chi connectivity index (χ4n) is 2.88. The fraction of sp³-hybridized carbons (Fsp3) is 0.182. The molecule has 0 bridgehead atoms. The molecule has 0 fully saturated rings. The molecule has 7 nitrogen and oxygen atoms in total. The van der Waals surface area contributed by atoms with Gasteiger partial charge in [0.2, 0.25) is 10.0 Å². The Morgan fingerprint density at radius 3 is 2.23 bits per heavy atom. The summed E-state index contributed by atoms with van der Waals surface area (Å²) in [4.78, 5) is 26.0. The topological polar surface area (TPSA) is 95.6 Å². The van der Waals surface area contributed by atoms with Gasteiger partial charge >= 0.3 is 0 Å². The van der Waals surface area contributed by atoms with Crippen molar-refractivity contribution in [1.29, 1.82) is 0 Å². The Balaban J connectivity index is 1.74. The first-order chi connectivity index (χ1) is 14.7. The van der Waals surface area contributed by atoms with Gasteiger partial charge in [0.05, 0.1) is 27.1 Å². The Hall–Kier alpha value is -3.01. The van der Waals surface area contributed by atoms with Crippen LogP contribution in [0.2, 0.25) is 0 Å². The lowest BCUT2D eigenvalue weighted by Crippen LogP contribution is -2.28. The number of carbonyl (C=O) groups excluding carboxylic acids is 2. The molecule has 2 amide bonds. The van der Waals surface area contributed by atoms with Gasteiger partial charge in [0.15, 0.2) is 0 Å². The first-order valence-corrected chi connectivity index (χ1v) is 11.8. The summed E-state index contributed by atoms with van der Waals surface area (Å²) in [5.74, 6) is -0.624. The number of thiophene rings is 1. The smallest absolute Gasteiger partial charge is 0.265 e. The van der Waals surface area contributed by atoms with E-state index in [1.165, 1.54) is 37.6 Å². The maximum atomic E-state index is 12.9. The molecule has 0 saturated heterocycles. The van der Waals surface area contributed by atoms with Gasteiger partial charge in [0, 0.05) is 14.1 Å². The van der Waals surface area contributed by atoms with Crippen LogP contribution in [0.1, 0.15) is 38.6 Å². The number of benzene rings is 2. The average Bonchev–Trinajstić information content (AvgIpc) is 3.29. The summed E-state index contributed by atoms with van der Waals surface area (Å²) >= 11 is 1.32. The van der Waals surface area contributed by atoms with Crippen molar-refractivity contribution in [1.82, 2.24) is 9.62 Å². The monoisotopic (exact) mass is 457 g/mol. The molecule has 31 heavy (non-hydrogen) atoms. The standard InChI is InChI=1S/C22H23N3O4S2/c1-15(16-10-12-17(13-11-16)31(28,29)25(2)3)23-21(26)18-7-4-5-8-19(18)24-22(27)20-9-6-14-30-20/h4-15H,1-3H3,(H,23,26)(H,24,27). The molecule has 0 saturated carbocycles. The summed E-state index contributed by atoms with van der Waals surface area (Å²) < 4.78 is 25.6. The summed E-state index contributed by atoms with van der Waals surface area (Å²) in [6, 6.07) is 16.3. The normalized spacial score (nSPS) is 12.4. The number of hydrogen-bond acceptors (Lipinski definition) is 5. The Kier molecular flexibility index (Phi) is 6.89. The molecule has 2 N–H and O–H groups in total. The molecule has 3 aromatic rings. The van der Waals surface area contributed by atoms with Gasteiger partial charge < -0.3 is 10.6 Å². The maximum absolute atomic E-state index is 12.9. The zero-order valence-electron chi connectivity index (χ0n) is 17.3. The predicted octanol–water partition coefficient (Wildman–Crippen LogP) is 3.74. The molecule has 0 radical (unpaired) electrons. The minimum Gasteiger partial charge on any atom is -0.345 e. The lowest BCUT2D eigenvalue weighted by atomic mass is 10.1. The van der Waals surface area contributed by atoms with E-state index in [0.717, 1.165) is 9.87 Å². The molecule has 9 heteroatoms. The summed E-state index contributed by atoms with van der Waals surface area (Å²) in [6.45, 7) is 1.81. The van der Waals surface area contributed by atoms with Crippen molar-refractivity contribution in [3.8, 4) is 0 Å². The zero-order chi connectivity index (χ0) is 22.6. The third-order valence-corrected chi connectivity index (χ3v) is 7.37. The van der Waals surface area contributed by atoms with Crippen molar-refractivity contribution >= 4 is 38.9 Å². The van der Waals surface area contributed by atoms with Crippen molar-refractivity contribution in [2.24, 2.45) is 0 Å². The van der Waals surface area contributed by atoms with Crippen LogP contribution in [0, 0.1) is 0 Å². The van der Waals surface area contributed by atoms with Crippen LogP contribution in [0.15, 0.2) is 70.9 Å². The summed E-state index contributed by atoms with van der Waals surface area (Å²) in [5, 5.41) is 7.48. The minimum atomic E-state index is -3.51. The van der Waals surface area contributed by atoms with Gasteiger partial charge in [-0.25, -0.2) is 12.7 Å². The number of carbonyl (C=O) groups is 2. The second-order valence-corrected chi connectivity index (χ2v) is 10.1. The van der Waals surface area contributed by atoms with E-state index in [1.54, 1.807) is 55.5 Å². The minimum absolute atomic E-state index is 0.182. The number of amides is 2. The fourth-order valence-corrected chi connectivity index (χ4v) is 4.40. The highest BCUT2D eigenvalue weighted by Gasteiger charge is 2.19. The Bertz CT molecular complexity index is 1170. The van der Waals surface area contributed by atoms with E-state index in [9.17, 15) is 18.0 Å². The molecule has 1 heterocycles. The lowest BCUT2D eigenvalue weighted by Gasteiger charge is -2.17. The number of hydrogen-bond donors (Lipinski definition) is 2. The van der Waals surface area contributed by atoms with E-state index < -0.39 is 10.0 Å². The highest BCUT2D eigenvalue weighted by Crippen LogP contribution is 2.21. The van der Waals surface area contributed by atoms with Crippen molar-refractivity contribution in [3.05, 3.63) is 82.0 Å². The van der Waals surface area contributed by atoms with Gasteiger partial charge in [0.25, 0.3) is 11.8 Å². The molecule has 1 unspecified atom stereocenters. The van der Waals surface area contributed by atoms with Crippen LogP contribution in [-0.4, -0.2) is 38.6 Å². The number of rotatable bonds is 7. The Morgan fingerprint density at radius 1 is 0.935 bits per heavy atom. The van der Waals surface area contributed by atoms with Crippen LogP contribution in [0.25, 0.3) is 0 Å². The highest BCUT2D eigenvalue weighted by atomic mass is 32.2. The first-order valence-electron chi connectivity index (χ1n) is 9.47. The van der Waals surface area contributed by atoms with Crippen molar-refractivity contribution < 1.29 is 18.0 Å². The molecule has 0 spiro atoms. The summed E-state index contributed by atoms with van der Waals surface area (Å²) in [7, 11) is -0.569. The van der Waals surface area contributed by atoms with E-state index in [-0.39, 0.29) is 22.8 Å². The quantitative estimate of drug-likeness (QED) is 0.565. The van der Waals surface area contributed by atoms with Crippen LogP contribution >= 0.6 is 11.3 Å². The molecule has 0 aliphatic rings. The van der Waals surface area contributed by atoms with E-state index in [0.29, 0.717) is 16.1 Å². The predicted molar refractivity (Wildman–Crippen MR) is 122 cm³/mol. The van der Waals surface area contributed by atoms with Crippen LogP contribution < -0.4 is 10.6 Å². The lowest BCUT2D eigenvalue weighted by molar-refractivity contribution is 0.0940. The first kappa shape index (κ1) is 22.7. The molecule has 0 aliphatic carbocycles. The van der Waals surface area contributed by atoms with Gasteiger partial charge in [-0.15, -0.1) is 11.3 Å². The number of sulfonamides is 1. The third-order valence-electron chi connectivity index (χ3n) is 4.67. The largest absolute Gasteiger partial charge is 0.345 e. The maximum Gasteiger partial charge on any atom is 0.265 e. The number of anilines is 1. The Labute approximate surface area is 185 Å². The van der Waals surface area contributed by atoms with Crippen molar-refractivity contribution in [2.45, 2.75) is 17.9 Å². The Morgan fingerprint density at radius 2 is 1.61 bits per heavy atom. The number of nitrogens with one attached hydrogen (secondary N) is 2. The molecular formula is C22H23N3O4S2. The molecular weight excluding hydrogens is 434 g/mol. The zero-order valence-corrected chi connectivity index (χ0v) is 19.0. The molecule has 3 rings (SSSR count). The van der Waals surface area contributed by atoms with Crippen LogP contribution in [-0.2, 0) is 10.0 Å². The van der Waals surface area contributed by atoms with Crippen molar-refractivity contribution in [3.63, 3.8) is 0 Å². The molecule has 2 aromatic carbocycles. The second kappa shape index (κ2) is 9.42. The van der Waals surface area contributed by atoms with Gasteiger partial charge in [0.1, 0.15) is 0 Å². The third kappa shape index (κ3) is 5.19. The van der Waals surface area contributed by atoms with E-state index in [1.807, 2.05) is 5.38 Å². The van der Waals surface area contributed by atoms with Gasteiger partial charge in [-0.05, 0) is 48.2 Å². The molecule has 1 aromatic heterocycles.